The smallest absolute Gasteiger partial charge is 0.325 e. The number of amides is 3. The molecule has 1 N–H and O–H groups in total. The minimum Gasteiger partial charge on any atom is -0.325 e. The number of thioether (sulfide) groups is 1. The van der Waals surface area contributed by atoms with Crippen LogP contribution in [0.25, 0.3) is 10.2 Å². The van der Waals surface area contributed by atoms with Crippen molar-refractivity contribution in [2.75, 3.05) is 16.0 Å². The third-order valence-electron chi connectivity index (χ3n) is 6.88. The topological polar surface area (TPSA) is 79.4 Å². The Kier molecular flexibility index (Phi) is 5.45. The number of alkyl halides is 3. The van der Waals surface area contributed by atoms with E-state index < -0.39 is 17.6 Å². The third-order valence-corrected chi connectivity index (χ3v) is 9.04. The first-order valence-corrected chi connectivity index (χ1v) is 13.1. The third kappa shape index (κ3) is 3.90. The molecule has 2 fully saturated rings. The maximum atomic E-state index is 13.1. The van der Waals surface area contributed by atoms with Gasteiger partial charge < -0.3 is 5.32 Å². The maximum Gasteiger partial charge on any atom is 0.416 e. The summed E-state index contributed by atoms with van der Waals surface area (Å²) in [6.07, 6.45) is 0.491. The summed E-state index contributed by atoms with van der Waals surface area (Å²) < 4.78 is 40.0. The Bertz CT molecular complexity index is 1420. The highest BCUT2D eigenvalue weighted by Gasteiger charge is 2.59. The first-order valence-electron chi connectivity index (χ1n) is 11.3. The average Bonchev–Trinajstić information content (AvgIpc) is 3.60. The first-order chi connectivity index (χ1) is 17.2. The number of carbonyl (C=O) groups excluding carboxylic acids is 3. The predicted molar refractivity (Wildman–Crippen MR) is 131 cm³/mol. The van der Waals surface area contributed by atoms with Crippen molar-refractivity contribution in [3.8, 4) is 0 Å². The lowest BCUT2D eigenvalue weighted by Gasteiger charge is -2.17. The number of allylic oxidation sites excluding steroid dienone is 2. The summed E-state index contributed by atoms with van der Waals surface area (Å²) in [6, 6.07) is 9.69. The minimum atomic E-state index is -4.49. The molecule has 6 nitrogen and oxygen atoms in total. The van der Waals surface area contributed by atoms with Crippen LogP contribution < -0.4 is 10.2 Å². The van der Waals surface area contributed by atoms with Gasteiger partial charge in [-0.15, -0.1) is 11.3 Å². The molecule has 2 heterocycles. The molecule has 0 spiro atoms. The Hall–Kier alpha value is -3.18. The molecular formula is C25H18F3N3O3S2. The molecule has 3 amide bonds. The molecule has 0 radical (unpaired) electrons. The van der Waals surface area contributed by atoms with Crippen LogP contribution in [0.3, 0.4) is 0 Å². The van der Waals surface area contributed by atoms with Crippen LogP contribution in [0.4, 0.5) is 24.5 Å². The number of thiazole rings is 1. The van der Waals surface area contributed by atoms with E-state index in [0.717, 1.165) is 35.0 Å². The van der Waals surface area contributed by atoms with E-state index in [9.17, 15) is 27.6 Å². The fourth-order valence-corrected chi connectivity index (χ4v) is 7.25. The summed E-state index contributed by atoms with van der Waals surface area (Å²) in [7, 11) is 0. The van der Waals surface area contributed by atoms with Gasteiger partial charge in [-0.3, -0.25) is 14.4 Å². The standard InChI is InChI=1S/C25H18F3N3O3S2/c26-25(27,28)14-2-1-3-15(9-14)29-19(32)11-35-24-30-17-7-6-16(10-18(17)36-24)31-22(33)20-12-4-5-13(8-12)21(20)23(31)34/h1-7,9-10,12-13,20-21H,8,11H2,(H,29,32). The normalized spacial score (nSPS) is 24.7. The molecular weight excluding hydrogens is 511 g/mol. The van der Waals surface area contributed by atoms with Crippen LogP contribution in [0.1, 0.15) is 12.0 Å². The van der Waals surface area contributed by atoms with Crippen molar-refractivity contribution in [3.05, 3.63) is 60.2 Å². The van der Waals surface area contributed by atoms with Gasteiger partial charge in [-0.2, -0.15) is 13.2 Å². The van der Waals surface area contributed by atoms with Crippen LogP contribution in [-0.4, -0.2) is 28.5 Å². The van der Waals surface area contributed by atoms with E-state index in [1.807, 2.05) is 0 Å². The van der Waals surface area contributed by atoms with E-state index in [4.69, 9.17) is 0 Å². The summed E-state index contributed by atoms with van der Waals surface area (Å²) in [5.74, 6) is -1.06. The molecule has 184 valence electrons. The summed E-state index contributed by atoms with van der Waals surface area (Å²) in [4.78, 5) is 44.2. The van der Waals surface area contributed by atoms with Gasteiger partial charge in [0.1, 0.15) is 0 Å². The second-order valence-corrected chi connectivity index (χ2v) is 11.3. The molecule has 36 heavy (non-hydrogen) atoms. The van der Waals surface area contributed by atoms with Gasteiger partial charge in [0.05, 0.1) is 39.1 Å². The largest absolute Gasteiger partial charge is 0.416 e. The minimum absolute atomic E-state index is 0.0365. The van der Waals surface area contributed by atoms with Gasteiger partial charge >= 0.3 is 6.18 Å². The van der Waals surface area contributed by atoms with Crippen molar-refractivity contribution in [1.82, 2.24) is 4.98 Å². The lowest BCUT2D eigenvalue weighted by atomic mass is 9.85. The number of imide groups is 1. The number of aromatic nitrogens is 1. The van der Waals surface area contributed by atoms with Crippen molar-refractivity contribution < 1.29 is 27.6 Å². The molecule has 4 unspecified atom stereocenters. The average molecular weight is 530 g/mol. The van der Waals surface area contributed by atoms with Crippen molar-refractivity contribution in [1.29, 1.82) is 0 Å². The Morgan fingerprint density at radius 3 is 2.50 bits per heavy atom. The summed E-state index contributed by atoms with van der Waals surface area (Å²) in [5.41, 5.74) is 0.425. The van der Waals surface area contributed by atoms with Crippen LogP contribution >= 0.6 is 23.1 Å². The number of anilines is 2. The van der Waals surface area contributed by atoms with Gasteiger partial charge in [0, 0.05) is 5.69 Å². The number of hydrogen-bond acceptors (Lipinski definition) is 6. The highest BCUT2D eigenvalue weighted by atomic mass is 32.2. The molecule has 2 bridgehead atoms. The quantitative estimate of drug-likeness (QED) is 0.274. The van der Waals surface area contributed by atoms with E-state index in [1.54, 1.807) is 18.2 Å². The molecule has 1 aromatic heterocycles. The zero-order chi connectivity index (χ0) is 25.2. The zero-order valence-corrected chi connectivity index (χ0v) is 20.1. The monoisotopic (exact) mass is 529 g/mol. The van der Waals surface area contributed by atoms with Gasteiger partial charge in [0.25, 0.3) is 0 Å². The fraction of sp³-hybridized carbons (Fsp3) is 0.280. The fourth-order valence-electron chi connectivity index (χ4n) is 5.35. The van der Waals surface area contributed by atoms with Crippen LogP contribution in [0, 0.1) is 23.7 Å². The highest BCUT2D eigenvalue weighted by Crippen LogP contribution is 2.53. The highest BCUT2D eigenvalue weighted by molar-refractivity contribution is 8.01. The Balaban J connectivity index is 1.14. The molecule has 2 aromatic carbocycles. The number of hydrogen-bond donors (Lipinski definition) is 1. The molecule has 3 aliphatic rings. The molecule has 4 atom stereocenters. The second kappa shape index (κ2) is 8.45. The Morgan fingerprint density at radius 1 is 1.08 bits per heavy atom. The zero-order valence-electron chi connectivity index (χ0n) is 18.5. The van der Waals surface area contributed by atoms with Gasteiger partial charge in [0.15, 0.2) is 4.34 Å². The van der Waals surface area contributed by atoms with Gasteiger partial charge in [0.2, 0.25) is 17.7 Å². The van der Waals surface area contributed by atoms with E-state index >= 15 is 0 Å². The molecule has 6 rings (SSSR count). The Morgan fingerprint density at radius 2 is 1.81 bits per heavy atom. The molecule has 1 saturated heterocycles. The molecule has 3 aromatic rings. The lowest BCUT2D eigenvalue weighted by molar-refractivity contribution is -0.137. The van der Waals surface area contributed by atoms with Crippen LogP contribution in [0.15, 0.2) is 59.0 Å². The lowest BCUT2D eigenvalue weighted by Crippen LogP contribution is -2.32. The number of carbonyl (C=O) groups is 3. The van der Waals surface area contributed by atoms with Crippen LogP contribution in [0.5, 0.6) is 0 Å². The Labute approximate surface area is 211 Å². The van der Waals surface area contributed by atoms with Crippen molar-refractivity contribution in [3.63, 3.8) is 0 Å². The van der Waals surface area contributed by atoms with E-state index in [-0.39, 0.29) is 46.9 Å². The van der Waals surface area contributed by atoms with Gasteiger partial charge in [-0.1, -0.05) is 30.0 Å². The number of rotatable bonds is 5. The number of fused-ring (bicyclic) bond motifs is 6. The molecule has 1 aliphatic heterocycles. The van der Waals surface area contributed by atoms with Crippen molar-refractivity contribution >= 4 is 62.4 Å². The van der Waals surface area contributed by atoms with Crippen LogP contribution in [0.2, 0.25) is 0 Å². The summed E-state index contributed by atoms with van der Waals surface area (Å²) in [5, 5.41) is 2.48. The van der Waals surface area contributed by atoms with E-state index in [2.05, 4.69) is 22.5 Å². The number of benzene rings is 2. The predicted octanol–water partition coefficient (Wildman–Crippen LogP) is 5.36. The molecule has 1 saturated carbocycles. The molecule has 11 heteroatoms. The summed E-state index contributed by atoms with van der Waals surface area (Å²) >= 11 is 2.49. The number of halogens is 3. The maximum absolute atomic E-state index is 13.1. The van der Waals surface area contributed by atoms with Gasteiger partial charge in [-0.25, -0.2) is 9.88 Å². The van der Waals surface area contributed by atoms with Crippen molar-refractivity contribution in [2.45, 2.75) is 16.9 Å². The van der Waals surface area contributed by atoms with E-state index in [1.165, 1.54) is 28.4 Å². The van der Waals surface area contributed by atoms with Crippen LogP contribution in [-0.2, 0) is 20.6 Å². The van der Waals surface area contributed by atoms with Crippen molar-refractivity contribution in [2.24, 2.45) is 23.7 Å². The number of nitrogens with zero attached hydrogens (tertiary/aromatic N) is 2. The van der Waals surface area contributed by atoms with E-state index in [0.29, 0.717) is 15.5 Å². The second-order valence-electron chi connectivity index (χ2n) is 9.06. The summed E-state index contributed by atoms with van der Waals surface area (Å²) in [6.45, 7) is 0. The van der Waals surface area contributed by atoms with Gasteiger partial charge in [-0.05, 0) is 54.7 Å². The SMILES string of the molecule is O=C(CSc1nc2ccc(N3C(=O)C4C5C=CC(C5)C4C3=O)cc2s1)Nc1cccc(C(F)(F)F)c1. The molecule has 2 aliphatic carbocycles. The number of nitrogens with one attached hydrogen (secondary N) is 1. The first kappa shape index (κ1) is 23.2.